The molecule has 1 aromatic rings. The Morgan fingerprint density at radius 1 is 1.39 bits per heavy atom. The number of aryl methyl sites for hydroxylation is 1. The summed E-state index contributed by atoms with van der Waals surface area (Å²) in [7, 11) is 0. The van der Waals surface area contributed by atoms with Gasteiger partial charge in [0.15, 0.2) is 0 Å². The fourth-order valence-corrected chi connectivity index (χ4v) is 2.26. The zero-order valence-corrected chi connectivity index (χ0v) is 11.0. The number of carbonyl (C=O) groups excluding carboxylic acids is 1. The maximum Gasteiger partial charge on any atom is 0.209 e. The zero-order valence-electron chi connectivity index (χ0n) is 11.0. The zero-order chi connectivity index (χ0) is 13.1. The van der Waals surface area contributed by atoms with Crippen molar-refractivity contribution >= 4 is 12.2 Å². The summed E-state index contributed by atoms with van der Waals surface area (Å²) in [5.41, 5.74) is 8.14. The van der Waals surface area contributed by atoms with E-state index in [-0.39, 0.29) is 6.04 Å². The van der Waals surface area contributed by atoms with E-state index in [1.807, 2.05) is 13.1 Å². The van der Waals surface area contributed by atoms with Crippen molar-refractivity contribution in [3.05, 3.63) is 23.4 Å². The Hall–Kier alpha value is -1.62. The highest BCUT2D eigenvalue weighted by Gasteiger charge is 2.17. The first kappa shape index (κ1) is 12.8. The van der Waals surface area contributed by atoms with Crippen LogP contribution in [-0.4, -0.2) is 42.5 Å². The second-order valence-electron chi connectivity index (χ2n) is 4.82. The molecule has 1 atom stereocenters. The first-order valence-corrected chi connectivity index (χ1v) is 6.28. The number of anilines is 1. The number of pyridine rings is 1. The van der Waals surface area contributed by atoms with Crippen molar-refractivity contribution in [1.29, 1.82) is 0 Å². The molecule has 1 saturated heterocycles. The van der Waals surface area contributed by atoms with Gasteiger partial charge in [-0.3, -0.25) is 4.79 Å². The second-order valence-corrected chi connectivity index (χ2v) is 4.82. The lowest BCUT2D eigenvalue weighted by Crippen LogP contribution is -2.46. The molecule has 0 bridgehead atoms. The number of nitrogens with two attached hydrogens (primary N) is 1. The molecule has 0 aromatic carbocycles. The third-order valence-electron chi connectivity index (χ3n) is 3.41. The van der Waals surface area contributed by atoms with Gasteiger partial charge in [0.1, 0.15) is 5.82 Å². The van der Waals surface area contributed by atoms with Crippen LogP contribution in [0.3, 0.4) is 0 Å². The van der Waals surface area contributed by atoms with Crippen LogP contribution in [0.15, 0.2) is 12.3 Å². The molecule has 0 unspecified atom stereocenters. The number of amides is 1. The molecule has 5 nitrogen and oxygen atoms in total. The van der Waals surface area contributed by atoms with E-state index < -0.39 is 0 Å². The van der Waals surface area contributed by atoms with Crippen LogP contribution >= 0.6 is 0 Å². The van der Waals surface area contributed by atoms with Crippen molar-refractivity contribution in [3.8, 4) is 0 Å². The first-order valence-electron chi connectivity index (χ1n) is 6.28. The maximum absolute atomic E-state index is 10.7. The SMILES string of the molecule is Cc1cc(N2CCN(C=O)CC2)ncc1[C@H](C)N. The lowest BCUT2D eigenvalue weighted by atomic mass is 10.1. The molecule has 18 heavy (non-hydrogen) atoms. The molecular formula is C13H20N4O. The molecule has 1 aliphatic rings. The van der Waals surface area contributed by atoms with Crippen LogP contribution in [0.4, 0.5) is 5.82 Å². The Kier molecular flexibility index (Phi) is 3.81. The third kappa shape index (κ3) is 2.61. The molecule has 2 heterocycles. The minimum atomic E-state index is 0.0125. The normalized spacial score (nSPS) is 17.7. The van der Waals surface area contributed by atoms with Gasteiger partial charge in [-0.05, 0) is 31.0 Å². The van der Waals surface area contributed by atoms with Gasteiger partial charge in [-0.2, -0.15) is 0 Å². The lowest BCUT2D eigenvalue weighted by molar-refractivity contribution is -0.118. The first-order chi connectivity index (χ1) is 8.61. The van der Waals surface area contributed by atoms with Gasteiger partial charge in [0.25, 0.3) is 0 Å². The standard InChI is InChI=1S/C13H20N4O/c1-10-7-13(15-8-12(10)11(2)14)17-5-3-16(9-18)4-6-17/h7-9,11H,3-6,14H2,1-2H3/t11-/m0/s1. The van der Waals surface area contributed by atoms with Gasteiger partial charge >= 0.3 is 0 Å². The van der Waals surface area contributed by atoms with Crippen LogP contribution in [0.5, 0.6) is 0 Å². The highest BCUT2D eigenvalue weighted by molar-refractivity contribution is 5.50. The Labute approximate surface area is 108 Å². The quantitative estimate of drug-likeness (QED) is 0.799. The summed E-state index contributed by atoms with van der Waals surface area (Å²) >= 11 is 0. The average molecular weight is 248 g/mol. The van der Waals surface area contributed by atoms with Crippen molar-refractivity contribution < 1.29 is 4.79 Å². The molecule has 0 aliphatic carbocycles. The van der Waals surface area contributed by atoms with E-state index in [0.717, 1.165) is 44.0 Å². The van der Waals surface area contributed by atoms with Gasteiger partial charge in [0, 0.05) is 38.4 Å². The van der Waals surface area contributed by atoms with Crippen LogP contribution in [0.2, 0.25) is 0 Å². The fourth-order valence-electron chi connectivity index (χ4n) is 2.26. The van der Waals surface area contributed by atoms with Crippen molar-refractivity contribution in [2.45, 2.75) is 19.9 Å². The maximum atomic E-state index is 10.7. The number of carbonyl (C=O) groups is 1. The Morgan fingerprint density at radius 3 is 2.56 bits per heavy atom. The molecule has 1 aromatic heterocycles. The minimum Gasteiger partial charge on any atom is -0.353 e. The molecule has 1 fully saturated rings. The van der Waals surface area contributed by atoms with Gasteiger partial charge in [-0.15, -0.1) is 0 Å². The Morgan fingerprint density at radius 2 is 2.06 bits per heavy atom. The highest BCUT2D eigenvalue weighted by atomic mass is 16.1. The number of nitrogens with zero attached hydrogens (tertiary/aromatic N) is 3. The highest BCUT2D eigenvalue weighted by Crippen LogP contribution is 2.20. The number of hydrogen-bond acceptors (Lipinski definition) is 4. The number of piperazine rings is 1. The van der Waals surface area contributed by atoms with Crippen molar-refractivity contribution in [3.63, 3.8) is 0 Å². The van der Waals surface area contributed by atoms with Crippen LogP contribution < -0.4 is 10.6 Å². The smallest absolute Gasteiger partial charge is 0.209 e. The predicted molar refractivity (Wildman–Crippen MR) is 71.4 cm³/mol. The van der Waals surface area contributed by atoms with Crippen molar-refractivity contribution in [1.82, 2.24) is 9.88 Å². The Balaban J connectivity index is 2.10. The molecule has 0 saturated carbocycles. The monoisotopic (exact) mass is 248 g/mol. The van der Waals surface area contributed by atoms with E-state index in [1.165, 1.54) is 5.56 Å². The van der Waals surface area contributed by atoms with Gasteiger partial charge in [0.05, 0.1) is 0 Å². The summed E-state index contributed by atoms with van der Waals surface area (Å²) in [5.74, 6) is 0.974. The summed E-state index contributed by atoms with van der Waals surface area (Å²) in [6.45, 7) is 7.22. The van der Waals surface area contributed by atoms with Crippen molar-refractivity contribution in [2.24, 2.45) is 5.73 Å². The molecule has 2 N–H and O–H groups in total. The molecule has 98 valence electrons. The second kappa shape index (κ2) is 5.35. The molecule has 0 spiro atoms. The van der Waals surface area contributed by atoms with E-state index in [9.17, 15) is 4.79 Å². The fraction of sp³-hybridized carbons (Fsp3) is 0.538. The minimum absolute atomic E-state index is 0.0125. The number of hydrogen-bond donors (Lipinski definition) is 1. The van der Waals surface area contributed by atoms with E-state index in [1.54, 1.807) is 4.90 Å². The van der Waals surface area contributed by atoms with Crippen LogP contribution in [-0.2, 0) is 4.79 Å². The summed E-state index contributed by atoms with van der Waals surface area (Å²) in [6, 6.07) is 2.09. The summed E-state index contributed by atoms with van der Waals surface area (Å²) in [4.78, 5) is 19.1. The van der Waals surface area contributed by atoms with E-state index >= 15 is 0 Å². The molecule has 1 aliphatic heterocycles. The summed E-state index contributed by atoms with van der Waals surface area (Å²) in [6.07, 6.45) is 2.77. The lowest BCUT2D eigenvalue weighted by Gasteiger charge is -2.33. The average Bonchev–Trinajstić information content (AvgIpc) is 2.38. The van der Waals surface area contributed by atoms with E-state index in [0.29, 0.717) is 0 Å². The molecular weight excluding hydrogens is 228 g/mol. The topological polar surface area (TPSA) is 62.5 Å². The van der Waals surface area contributed by atoms with Crippen LogP contribution in [0, 0.1) is 6.92 Å². The summed E-state index contributed by atoms with van der Waals surface area (Å²) in [5, 5.41) is 0. The van der Waals surface area contributed by atoms with Gasteiger partial charge < -0.3 is 15.5 Å². The predicted octanol–water partition coefficient (Wildman–Crippen LogP) is 0.688. The number of rotatable bonds is 3. The van der Waals surface area contributed by atoms with Gasteiger partial charge in [-0.1, -0.05) is 0 Å². The Bertz CT molecular complexity index is 425. The molecule has 2 rings (SSSR count). The van der Waals surface area contributed by atoms with Gasteiger partial charge in [-0.25, -0.2) is 4.98 Å². The molecule has 1 amide bonds. The molecule has 0 radical (unpaired) electrons. The van der Waals surface area contributed by atoms with Crippen LogP contribution in [0.1, 0.15) is 24.1 Å². The summed E-state index contributed by atoms with van der Waals surface area (Å²) < 4.78 is 0. The van der Waals surface area contributed by atoms with Gasteiger partial charge in [0.2, 0.25) is 6.41 Å². The van der Waals surface area contributed by atoms with E-state index in [2.05, 4.69) is 22.9 Å². The number of aromatic nitrogens is 1. The molecule has 5 heteroatoms. The van der Waals surface area contributed by atoms with E-state index in [4.69, 9.17) is 5.73 Å². The third-order valence-corrected chi connectivity index (χ3v) is 3.41. The van der Waals surface area contributed by atoms with Crippen LogP contribution in [0.25, 0.3) is 0 Å². The largest absolute Gasteiger partial charge is 0.353 e. The van der Waals surface area contributed by atoms with Crippen molar-refractivity contribution in [2.75, 3.05) is 31.1 Å².